The van der Waals surface area contributed by atoms with Crippen LogP contribution in [-0.4, -0.2) is 22.6 Å². The highest BCUT2D eigenvalue weighted by Gasteiger charge is 2.12. The van der Waals surface area contributed by atoms with Gasteiger partial charge in [-0.1, -0.05) is 37.6 Å². The summed E-state index contributed by atoms with van der Waals surface area (Å²) in [7, 11) is 0. The van der Waals surface area contributed by atoms with E-state index in [1.165, 1.54) is 5.56 Å². The Bertz CT molecular complexity index is 1370. The molecule has 0 unspecified atom stereocenters. The molecule has 0 atom stereocenters. The summed E-state index contributed by atoms with van der Waals surface area (Å²) in [6.07, 6.45) is 0. The van der Waals surface area contributed by atoms with Crippen molar-refractivity contribution in [2.75, 3.05) is 11.9 Å². The van der Waals surface area contributed by atoms with Gasteiger partial charge < -0.3 is 14.5 Å². The van der Waals surface area contributed by atoms with Crippen LogP contribution >= 0.6 is 23.8 Å². The van der Waals surface area contributed by atoms with Gasteiger partial charge in [-0.25, -0.2) is 4.98 Å². The quantitative estimate of drug-likeness (QED) is 0.300. The molecule has 4 aromatic rings. The number of hydrogen-bond donors (Lipinski definition) is 2. The fourth-order valence-corrected chi connectivity index (χ4v) is 3.69. The number of benzene rings is 3. The van der Waals surface area contributed by atoms with Gasteiger partial charge in [0.2, 0.25) is 5.89 Å². The number of aryl methyl sites for hydroxylation is 1. The van der Waals surface area contributed by atoms with Crippen LogP contribution in [0.25, 0.3) is 22.6 Å². The first kappa shape index (κ1) is 23.7. The summed E-state index contributed by atoms with van der Waals surface area (Å²) in [5.74, 6) is 1.11. The summed E-state index contributed by atoms with van der Waals surface area (Å²) in [5, 5.41) is 6.43. The first-order chi connectivity index (χ1) is 16.3. The van der Waals surface area contributed by atoms with E-state index in [0.717, 1.165) is 22.2 Å². The molecule has 4 rings (SSSR count). The van der Waals surface area contributed by atoms with Crippen molar-refractivity contribution < 1.29 is 13.9 Å². The Morgan fingerprint density at radius 3 is 2.74 bits per heavy atom. The molecule has 0 bridgehead atoms. The standard InChI is InChI=1S/C26H24ClN3O3S/c1-15(2)17-7-10-23-22(13-17)29-25(33-23)18-5-4-6-19(12-18)28-26(34)30-24(31)14-32-20-8-9-21(27)16(3)11-20/h4-13,15H,14H2,1-3H3,(H2,28,30,31,34). The fraction of sp³-hybridized carbons (Fsp3) is 0.192. The van der Waals surface area contributed by atoms with Gasteiger partial charge in [-0.3, -0.25) is 10.1 Å². The van der Waals surface area contributed by atoms with E-state index in [-0.39, 0.29) is 17.6 Å². The molecule has 0 fully saturated rings. The maximum atomic E-state index is 12.2. The number of fused-ring (bicyclic) bond motifs is 1. The zero-order valence-electron chi connectivity index (χ0n) is 19.0. The second kappa shape index (κ2) is 10.2. The number of amides is 1. The molecule has 0 saturated carbocycles. The van der Waals surface area contributed by atoms with Crippen LogP contribution in [0.15, 0.2) is 65.1 Å². The molecule has 0 spiro atoms. The average Bonchev–Trinajstić information content (AvgIpc) is 3.23. The lowest BCUT2D eigenvalue weighted by Gasteiger charge is -2.11. The zero-order valence-corrected chi connectivity index (χ0v) is 20.6. The molecule has 1 aromatic heterocycles. The Labute approximate surface area is 208 Å². The molecule has 3 aromatic carbocycles. The molecule has 6 nitrogen and oxygen atoms in total. The Balaban J connectivity index is 1.38. The second-order valence-corrected chi connectivity index (χ2v) is 9.00. The Morgan fingerprint density at radius 1 is 1.15 bits per heavy atom. The number of aromatic nitrogens is 1. The van der Waals surface area contributed by atoms with E-state index in [9.17, 15) is 4.79 Å². The van der Waals surface area contributed by atoms with Crippen LogP contribution in [0.4, 0.5) is 5.69 Å². The number of anilines is 1. The molecule has 34 heavy (non-hydrogen) atoms. The Hall–Kier alpha value is -3.42. The van der Waals surface area contributed by atoms with Gasteiger partial charge in [-0.05, 0) is 84.7 Å². The molecule has 2 N–H and O–H groups in total. The van der Waals surface area contributed by atoms with Crippen LogP contribution in [0.2, 0.25) is 5.02 Å². The summed E-state index contributed by atoms with van der Waals surface area (Å²) in [6, 6.07) is 18.7. The largest absolute Gasteiger partial charge is 0.484 e. The molecular formula is C26H24ClN3O3S. The monoisotopic (exact) mass is 493 g/mol. The fourth-order valence-electron chi connectivity index (χ4n) is 3.34. The number of oxazole rings is 1. The molecule has 0 saturated heterocycles. The summed E-state index contributed by atoms with van der Waals surface area (Å²) < 4.78 is 11.4. The predicted molar refractivity (Wildman–Crippen MR) is 140 cm³/mol. The topological polar surface area (TPSA) is 76.4 Å². The van der Waals surface area contributed by atoms with Crippen molar-refractivity contribution in [3.63, 3.8) is 0 Å². The van der Waals surface area contributed by atoms with E-state index in [4.69, 9.17) is 33.0 Å². The first-order valence-electron chi connectivity index (χ1n) is 10.8. The molecule has 1 amide bonds. The van der Waals surface area contributed by atoms with Crippen molar-refractivity contribution in [2.45, 2.75) is 26.7 Å². The van der Waals surface area contributed by atoms with Gasteiger partial charge in [-0.15, -0.1) is 0 Å². The highest BCUT2D eigenvalue weighted by atomic mass is 35.5. The summed E-state index contributed by atoms with van der Waals surface area (Å²) in [4.78, 5) is 16.9. The number of hydrogen-bond acceptors (Lipinski definition) is 5. The maximum Gasteiger partial charge on any atom is 0.264 e. The van der Waals surface area contributed by atoms with Gasteiger partial charge in [-0.2, -0.15) is 0 Å². The van der Waals surface area contributed by atoms with Crippen molar-refractivity contribution in [3.05, 3.63) is 76.8 Å². The summed E-state index contributed by atoms with van der Waals surface area (Å²) in [6.45, 7) is 5.98. The molecule has 0 radical (unpaired) electrons. The minimum Gasteiger partial charge on any atom is -0.484 e. The molecule has 8 heteroatoms. The third kappa shape index (κ3) is 5.73. The van der Waals surface area contributed by atoms with Gasteiger partial charge in [0.15, 0.2) is 17.3 Å². The third-order valence-corrected chi connectivity index (χ3v) is 5.83. The van der Waals surface area contributed by atoms with Crippen molar-refractivity contribution in [1.29, 1.82) is 0 Å². The zero-order chi connectivity index (χ0) is 24.2. The van der Waals surface area contributed by atoms with Crippen LogP contribution in [0, 0.1) is 6.92 Å². The second-order valence-electron chi connectivity index (χ2n) is 8.18. The maximum absolute atomic E-state index is 12.2. The number of thiocarbonyl (C=S) groups is 1. The lowest BCUT2D eigenvalue weighted by Crippen LogP contribution is -2.37. The van der Waals surface area contributed by atoms with Crippen LogP contribution in [0.5, 0.6) is 5.75 Å². The van der Waals surface area contributed by atoms with Crippen molar-refractivity contribution >= 4 is 51.6 Å². The van der Waals surface area contributed by atoms with Gasteiger partial charge >= 0.3 is 0 Å². The molecule has 0 aliphatic rings. The molecule has 0 aliphatic heterocycles. The minimum absolute atomic E-state index is 0.164. The third-order valence-electron chi connectivity index (χ3n) is 5.20. The van der Waals surface area contributed by atoms with Gasteiger partial charge in [0.1, 0.15) is 11.3 Å². The highest BCUT2D eigenvalue weighted by molar-refractivity contribution is 7.80. The van der Waals surface area contributed by atoms with Gasteiger partial charge in [0.05, 0.1) is 0 Å². The van der Waals surface area contributed by atoms with Gasteiger partial charge in [0, 0.05) is 16.3 Å². The number of nitrogens with zero attached hydrogens (tertiary/aromatic N) is 1. The van der Waals surface area contributed by atoms with Crippen molar-refractivity contribution in [3.8, 4) is 17.2 Å². The summed E-state index contributed by atoms with van der Waals surface area (Å²) in [5.41, 5.74) is 5.12. The lowest BCUT2D eigenvalue weighted by molar-refractivity contribution is -0.121. The Morgan fingerprint density at radius 2 is 1.97 bits per heavy atom. The number of carbonyl (C=O) groups excluding carboxylic acids is 1. The van der Waals surface area contributed by atoms with Crippen LogP contribution in [0.3, 0.4) is 0 Å². The molecule has 1 heterocycles. The van der Waals surface area contributed by atoms with E-state index in [1.807, 2.05) is 43.3 Å². The molecule has 0 aliphatic carbocycles. The minimum atomic E-state index is -0.374. The van der Waals surface area contributed by atoms with E-state index in [1.54, 1.807) is 18.2 Å². The Kier molecular flexibility index (Phi) is 7.14. The van der Waals surface area contributed by atoms with E-state index >= 15 is 0 Å². The van der Waals surface area contributed by atoms with Gasteiger partial charge in [0.25, 0.3) is 5.91 Å². The molecular weight excluding hydrogens is 470 g/mol. The number of rotatable bonds is 6. The van der Waals surface area contributed by atoms with E-state index in [2.05, 4.69) is 35.5 Å². The van der Waals surface area contributed by atoms with Crippen LogP contribution in [-0.2, 0) is 4.79 Å². The smallest absolute Gasteiger partial charge is 0.264 e. The molecule has 174 valence electrons. The van der Waals surface area contributed by atoms with Crippen molar-refractivity contribution in [1.82, 2.24) is 10.3 Å². The SMILES string of the molecule is Cc1cc(OCC(=O)NC(=S)Nc2cccc(-c3nc4cc(C(C)C)ccc4o3)c2)ccc1Cl. The predicted octanol–water partition coefficient (Wildman–Crippen LogP) is 6.47. The average molecular weight is 494 g/mol. The van der Waals surface area contributed by atoms with Crippen LogP contribution in [0.1, 0.15) is 30.9 Å². The normalized spacial score (nSPS) is 11.0. The first-order valence-corrected chi connectivity index (χ1v) is 11.6. The summed E-state index contributed by atoms with van der Waals surface area (Å²) >= 11 is 11.3. The van der Waals surface area contributed by atoms with E-state index < -0.39 is 0 Å². The number of halogens is 1. The highest BCUT2D eigenvalue weighted by Crippen LogP contribution is 2.28. The number of nitrogens with one attached hydrogen (secondary N) is 2. The van der Waals surface area contributed by atoms with Crippen molar-refractivity contribution in [2.24, 2.45) is 0 Å². The lowest BCUT2D eigenvalue weighted by atomic mass is 10.0. The number of carbonyl (C=O) groups is 1. The van der Waals surface area contributed by atoms with Crippen LogP contribution < -0.4 is 15.4 Å². The van der Waals surface area contributed by atoms with E-state index in [0.29, 0.717) is 28.3 Å². The number of ether oxygens (including phenoxy) is 1.